The highest BCUT2D eigenvalue weighted by Crippen LogP contribution is 2.22. The van der Waals surface area contributed by atoms with Gasteiger partial charge in [0.25, 0.3) is 0 Å². The van der Waals surface area contributed by atoms with Crippen LogP contribution in [-0.4, -0.2) is 78.3 Å². The first-order valence-corrected chi connectivity index (χ1v) is 9.74. The highest BCUT2D eigenvalue weighted by molar-refractivity contribution is 5.87. The van der Waals surface area contributed by atoms with E-state index < -0.39 is 18.4 Å². The van der Waals surface area contributed by atoms with Crippen molar-refractivity contribution in [1.82, 2.24) is 15.1 Å². The molecule has 0 aromatic heterocycles. The molecule has 0 saturated carbocycles. The lowest BCUT2D eigenvalue weighted by Gasteiger charge is -2.33. The number of aliphatic hydroxyl groups excluding tert-OH is 1. The summed E-state index contributed by atoms with van der Waals surface area (Å²) in [5.41, 5.74) is 1.01. The summed E-state index contributed by atoms with van der Waals surface area (Å²) in [6, 6.07) is 8.22. The van der Waals surface area contributed by atoms with E-state index in [9.17, 15) is 14.7 Å². The number of hydrogen-bond acceptors (Lipinski definition) is 5. The van der Waals surface area contributed by atoms with Gasteiger partial charge in [0.15, 0.2) is 6.29 Å². The molecule has 28 heavy (non-hydrogen) atoms. The molecule has 2 saturated heterocycles. The van der Waals surface area contributed by atoms with E-state index in [2.05, 4.69) is 5.32 Å². The van der Waals surface area contributed by atoms with Crippen LogP contribution in [0.1, 0.15) is 19.4 Å². The van der Waals surface area contributed by atoms with Crippen molar-refractivity contribution in [2.45, 2.75) is 38.6 Å². The Morgan fingerprint density at radius 1 is 1.21 bits per heavy atom. The summed E-state index contributed by atoms with van der Waals surface area (Å²) in [6.45, 7) is 5.80. The zero-order valence-electron chi connectivity index (χ0n) is 16.4. The van der Waals surface area contributed by atoms with Crippen molar-refractivity contribution in [2.24, 2.45) is 5.92 Å². The summed E-state index contributed by atoms with van der Waals surface area (Å²) >= 11 is 0. The number of amides is 3. The Hall–Kier alpha value is -2.16. The molecule has 1 aromatic carbocycles. The van der Waals surface area contributed by atoms with Crippen molar-refractivity contribution in [1.29, 1.82) is 0 Å². The predicted octanol–water partition coefficient (Wildman–Crippen LogP) is 0.799. The second-order valence-electron chi connectivity index (χ2n) is 7.52. The third kappa shape index (κ3) is 4.81. The molecule has 1 aromatic rings. The molecular formula is C20H29N3O5. The Kier molecular flexibility index (Phi) is 6.88. The lowest BCUT2D eigenvalue weighted by atomic mass is 10.00. The fourth-order valence-electron chi connectivity index (χ4n) is 3.49. The number of rotatable bonds is 5. The monoisotopic (exact) mass is 391 g/mol. The molecular weight excluding hydrogens is 362 g/mol. The second-order valence-corrected chi connectivity index (χ2v) is 7.52. The first-order valence-electron chi connectivity index (χ1n) is 9.74. The summed E-state index contributed by atoms with van der Waals surface area (Å²) < 4.78 is 10.6. The van der Waals surface area contributed by atoms with E-state index in [-0.39, 0.29) is 24.6 Å². The van der Waals surface area contributed by atoms with Crippen molar-refractivity contribution in [3.8, 4) is 0 Å². The SMILES string of the molecule is CC(C)C(NC(=O)N1CCOCC1)C(=O)N1COC(O)C1Cc1ccccc1. The van der Waals surface area contributed by atoms with Gasteiger partial charge in [-0.3, -0.25) is 4.79 Å². The molecule has 2 aliphatic rings. The van der Waals surface area contributed by atoms with Gasteiger partial charge in [-0.1, -0.05) is 44.2 Å². The Balaban J connectivity index is 1.69. The molecule has 3 amide bonds. The Morgan fingerprint density at radius 3 is 2.54 bits per heavy atom. The van der Waals surface area contributed by atoms with Crippen LogP contribution in [0.3, 0.4) is 0 Å². The average molecular weight is 391 g/mol. The largest absolute Gasteiger partial charge is 0.378 e. The van der Waals surface area contributed by atoms with Crippen molar-refractivity contribution in [3.05, 3.63) is 35.9 Å². The van der Waals surface area contributed by atoms with E-state index >= 15 is 0 Å². The van der Waals surface area contributed by atoms with Gasteiger partial charge in [0.05, 0.1) is 19.3 Å². The van der Waals surface area contributed by atoms with E-state index in [1.165, 1.54) is 4.90 Å². The summed E-state index contributed by atoms with van der Waals surface area (Å²) in [7, 11) is 0. The first kappa shape index (κ1) is 20.6. The van der Waals surface area contributed by atoms with Crippen LogP contribution in [0, 0.1) is 5.92 Å². The van der Waals surface area contributed by atoms with Crippen LogP contribution >= 0.6 is 0 Å². The smallest absolute Gasteiger partial charge is 0.318 e. The van der Waals surface area contributed by atoms with E-state index in [0.717, 1.165) is 5.56 Å². The third-order valence-corrected chi connectivity index (χ3v) is 5.19. The second kappa shape index (κ2) is 9.36. The fraction of sp³-hybridized carbons (Fsp3) is 0.600. The van der Waals surface area contributed by atoms with Gasteiger partial charge in [0.1, 0.15) is 12.8 Å². The standard InChI is InChI=1S/C20H29N3O5/c1-14(2)17(21-20(26)22-8-10-27-11-9-22)18(24)23-13-28-19(25)16(23)12-15-6-4-3-5-7-15/h3-7,14,16-17,19,25H,8-13H2,1-2H3,(H,21,26). The number of carbonyl (C=O) groups is 2. The third-order valence-electron chi connectivity index (χ3n) is 5.19. The molecule has 154 valence electrons. The maximum Gasteiger partial charge on any atom is 0.318 e. The van der Waals surface area contributed by atoms with Crippen molar-refractivity contribution in [3.63, 3.8) is 0 Å². The normalized spacial score (nSPS) is 23.7. The lowest BCUT2D eigenvalue weighted by Crippen LogP contribution is -2.57. The van der Waals surface area contributed by atoms with Crippen LogP contribution in [0.2, 0.25) is 0 Å². The molecule has 0 spiro atoms. The Bertz CT molecular complexity index is 663. The number of carbonyl (C=O) groups excluding carboxylic acids is 2. The van der Waals surface area contributed by atoms with Gasteiger partial charge < -0.3 is 29.7 Å². The van der Waals surface area contributed by atoms with E-state index in [0.29, 0.717) is 32.7 Å². The quantitative estimate of drug-likeness (QED) is 0.775. The van der Waals surface area contributed by atoms with Gasteiger partial charge in [-0.15, -0.1) is 0 Å². The average Bonchev–Trinajstić information content (AvgIpc) is 3.07. The molecule has 0 radical (unpaired) electrons. The van der Waals surface area contributed by atoms with Gasteiger partial charge in [-0.25, -0.2) is 4.79 Å². The highest BCUT2D eigenvalue weighted by atomic mass is 16.6. The number of nitrogens with zero attached hydrogens (tertiary/aromatic N) is 2. The number of ether oxygens (including phenoxy) is 2. The van der Waals surface area contributed by atoms with Gasteiger partial charge >= 0.3 is 6.03 Å². The molecule has 8 nitrogen and oxygen atoms in total. The zero-order valence-corrected chi connectivity index (χ0v) is 16.4. The minimum atomic E-state index is -1.05. The highest BCUT2D eigenvalue weighted by Gasteiger charge is 2.41. The van der Waals surface area contributed by atoms with Crippen LogP contribution in [-0.2, 0) is 20.7 Å². The molecule has 3 atom stereocenters. The number of aliphatic hydroxyl groups is 1. The molecule has 0 bridgehead atoms. The minimum Gasteiger partial charge on any atom is -0.378 e. The number of nitrogens with one attached hydrogen (secondary N) is 1. The molecule has 2 aliphatic heterocycles. The van der Waals surface area contributed by atoms with Crippen molar-refractivity contribution in [2.75, 3.05) is 33.0 Å². The van der Waals surface area contributed by atoms with Crippen LogP contribution in [0.15, 0.2) is 30.3 Å². The molecule has 2 heterocycles. The molecule has 3 unspecified atom stereocenters. The maximum absolute atomic E-state index is 13.2. The summed E-state index contributed by atoms with van der Waals surface area (Å²) in [6.07, 6.45) is -0.567. The predicted molar refractivity (Wildman–Crippen MR) is 102 cm³/mol. The van der Waals surface area contributed by atoms with Gasteiger partial charge in [-0.2, -0.15) is 0 Å². The van der Waals surface area contributed by atoms with Gasteiger partial charge in [-0.05, 0) is 17.9 Å². The first-order chi connectivity index (χ1) is 13.5. The Labute approximate surface area is 165 Å². The van der Waals surface area contributed by atoms with Crippen LogP contribution in [0.25, 0.3) is 0 Å². The minimum absolute atomic E-state index is 0.00808. The summed E-state index contributed by atoms with van der Waals surface area (Å²) in [5, 5.41) is 13.1. The number of hydrogen-bond donors (Lipinski definition) is 2. The van der Waals surface area contributed by atoms with Crippen molar-refractivity contribution < 1.29 is 24.2 Å². The van der Waals surface area contributed by atoms with Crippen LogP contribution < -0.4 is 5.32 Å². The number of morpholine rings is 1. The Morgan fingerprint density at radius 2 is 1.89 bits per heavy atom. The molecule has 2 N–H and O–H groups in total. The van der Waals surface area contributed by atoms with E-state index in [1.54, 1.807) is 4.90 Å². The molecule has 8 heteroatoms. The van der Waals surface area contributed by atoms with E-state index in [4.69, 9.17) is 9.47 Å². The summed E-state index contributed by atoms with van der Waals surface area (Å²) in [5.74, 6) is -0.346. The molecule has 0 aliphatic carbocycles. The number of urea groups is 1. The molecule has 2 fully saturated rings. The maximum atomic E-state index is 13.2. The van der Waals surface area contributed by atoms with Crippen LogP contribution in [0.5, 0.6) is 0 Å². The summed E-state index contributed by atoms with van der Waals surface area (Å²) in [4.78, 5) is 29.0. The number of benzene rings is 1. The van der Waals surface area contributed by atoms with Crippen LogP contribution in [0.4, 0.5) is 4.79 Å². The van der Waals surface area contributed by atoms with Gasteiger partial charge in [0, 0.05) is 13.1 Å². The lowest BCUT2D eigenvalue weighted by molar-refractivity contribution is -0.136. The topological polar surface area (TPSA) is 91.3 Å². The molecule has 3 rings (SSSR count). The van der Waals surface area contributed by atoms with Gasteiger partial charge in [0.2, 0.25) is 5.91 Å². The fourth-order valence-corrected chi connectivity index (χ4v) is 3.49. The van der Waals surface area contributed by atoms with Crippen molar-refractivity contribution >= 4 is 11.9 Å². The zero-order chi connectivity index (χ0) is 20.1. The van der Waals surface area contributed by atoms with E-state index in [1.807, 2.05) is 44.2 Å².